The summed E-state index contributed by atoms with van der Waals surface area (Å²) in [4.78, 5) is 10.9. The predicted molar refractivity (Wildman–Crippen MR) is 62.0 cm³/mol. The van der Waals surface area contributed by atoms with Gasteiger partial charge in [-0.2, -0.15) is 0 Å². The minimum Gasteiger partial charge on any atom is -0.488 e. The van der Waals surface area contributed by atoms with Gasteiger partial charge in [0.25, 0.3) is 0 Å². The molecule has 0 spiro atoms. The van der Waals surface area contributed by atoms with Crippen LogP contribution < -0.4 is 9.47 Å². The standard InChI is InChI=1S/C13H14O5/c14-13(15)12-5-8-1-2-9(6-11(8)18-12)17-10-3-4-16-7-10/h1-2,6,10,12H,3-5,7H2,(H,14,15). The van der Waals surface area contributed by atoms with E-state index in [4.69, 9.17) is 19.3 Å². The van der Waals surface area contributed by atoms with Crippen LogP contribution in [0.25, 0.3) is 0 Å². The van der Waals surface area contributed by atoms with Crippen LogP contribution in [0.15, 0.2) is 18.2 Å². The number of ether oxygens (including phenoxy) is 3. The van der Waals surface area contributed by atoms with Crippen LogP contribution in [0.1, 0.15) is 12.0 Å². The first-order valence-corrected chi connectivity index (χ1v) is 5.99. The minimum atomic E-state index is -0.933. The van der Waals surface area contributed by atoms with Gasteiger partial charge in [-0.05, 0) is 11.6 Å². The fourth-order valence-electron chi connectivity index (χ4n) is 2.22. The molecule has 0 radical (unpaired) electrons. The molecule has 0 aliphatic carbocycles. The van der Waals surface area contributed by atoms with E-state index >= 15 is 0 Å². The summed E-state index contributed by atoms with van der Waals surface area (Å²) in [5.41, 5.74) is 0.914. The van der Waals surface area contributed by atoms with E-state index in [1.54, 1.807) is 6.07 Å². The van der Waals surface area contributed by atoms with Crippen molar-refractivity contribution in [2.45, 2.75) is 25.0 Å². The zero-order chi connectivity index (χ0) is 12.5. The molecular formula is C13H14O5. The lowest BCUT2D eigenvalue weighted by Gasteiger charge is -2.12. The predicted octanol–water partition coefficient (Wildman–Crippen LogP) is 1.24. The summed E-state index contributed by atoms with van der Waals surface area (Å²) in [5, 5.41) is 8.91. The van der Waals surface area contributed by atoms with Crippen molar-refractivity contribution in [2.24, 2.45) is 0 Å². The quantitative estimate of drug-likeness (QED) is 0.874. The Morgan fingerprint density at radius 2 is 2.33 bits per heavy atom. The van der Waals surface area contributed by atoms with Gasteiger partial charge in [-0.15, -0.1) is 0 Å². The molecule has 2 unspecified atom stereocenters. The van der Waals surface area contributed by atoms with Crippen molar-refractivity contribution < 1.29 is 24.1 Å². The number of carboxylic acid groups (broad SMARTS) is 1. The van der Waals surface area contributed by atoms with Crippen LogP contribution in [0.4, 0.5) is 0 Å². The minimum absolute atomic E-state index is 0.0831. The Hall–Kier alpha value is -1.75. The van der Waals surface area contributed by atoms with Crippen LogP contribution in [0, 0.1) is 0 Å². The molecule has 5 nitrogen and oxygen atoms in total. The second kappa shape index (κ2) is 4.49. The molecular weight excluding hydrogens is 236 g/mol. The Balaban J connectivity index is 1.72. The lowest BCUT2D eigenvalue weighted by Crippen LogP contribution is -2.24. The lowest BCUT2D eigenvalue weighted by atomic mass is 10.1. The first-order valence-electron chi connectivity index (χ1n) is 5.99. The molecule has 0 bridgehead atoms. The number of hydrogen-bond acceptors (Lipinski definition) is 4. The zero-order valence-corrected chi connectivity index (χ0v) is 9.80. The molecule has 5 heteroatoms. The lowest BCUT2D eigenvalue weighted by molar-refractivity contribution is -0.144. The van der Waals surface area contributed by atoms with Crippen molar-refractivity contribution >= 4 is 5.97 Å². The van der Waals surface area contributed by atoms with E-state index < -0.39 is 12.1 Å². The number of carbonyl (C=O) groups is 1. The molecule has 1 fully saturated rings. The van der Waals surface area contributed by atoms with Crippen LogP contribution in [0.3, 0.4) is 0 Å². The molecule has 0 amide bonds. The van der Waals surface area contributed by atoms with Gasteiger partial charge in [0.1, 0.15) is 17.6 Å². The summed E-state index contributed by atoms with van der Waals surface area (Å²) < 4.78 is 16.3. The van der Waals surface area contributed by atoms with Gasteiger partial charge in [0.05, 0.1) is 13.2 Å². The monoisotopic (exact) mass is 250 g/mol. The van der Waals surface area contributed by atoms with Gasteiger partial charge in [-0.3, -0.25) is 0 Å². The summed E-state index contributed by atoms with van der Waals surface area (Å²) in [7, 11) is 0. The molecule has 96 valence electrons. The first kappa shape index (κ1) is 11.3. The second-order valence-electron chi connectivity index (χ2n) is 4.52. The number of benzene rings is 1. The molecule has 2 aliphatic heterocycles. The van der Waals surface area contributed by atoms with E-state index in [-0.39, 0.29) is 6.10 Å². The SMILES string of the molecule is O=C(O)C1Cc2ccc(OC3CCOC3)cc2O1. The third-order valence-electron chi connectivity index (χ3n) is 3.18. The molecule has 0 aromatic heterocycles. The molecule has 3 rings (SSSR count). The van der Waals surface area contributed by atoms with Crippen molar-refractivity contribution in [3.05, 3.63) is 23.8 Å². The van der Waals surface area contributed by atoms with E-state index in [0.29, 0.717) is 24.5 Å². The fraction of sp³-hybridized carbons (Fsp3) is 0.462. The largest absolute Gasteiger partial charge is 0.488 e. The Kier molecular flexibility index (Phi) is 2.83. The average molecular weight is 250 g/mol. The van der Waals surface area contributed by atoms with E-state index in [0.717, 1.165) is 18.6 Å². The van der Waals surface area contributed by atoms with Crippen molar-refractivity contribution in [1.29, 1.82) is 0 Å². The Morgan fingerprint density at radius 1 is 1.44 bits per heavy atom. The van der Waals surface area contributed by atoms with Crippen molar-refractivity contribution in [1.82, 2.24) is 0 Å². The van der Waals surface area contributed by atoms with Gasteiger partial charge in [0, 0.05) is 18.9 Å². The third kappa shape index (κ3) is 2.13. The van der Waals surface area contributed by atoms with Crippen molar-refractivity contribution in [3.63, 3.8) is 0 Å². The number of rotatable bonds is 3. The highest BCUT2D eigenvalue weighted by molar-refractivity contribution is 5.74. The van der Waals surface area contributed by atoms with Gasteiger partial charge in [-0.25, -0.2) is 4.79 Å². The van der Waals surface area contributed by atoms with Crippen molar-refractivity contribution in [2.75, 3.05) is 13.2 Å². The Morgan fingerprint density at radius 3 is 3.06 bits per heavy atom. The number of aliphatic carboxylic acids is 1. The summed E-state index contributed by atoms with van der Waals surface area (Å²) >= 11 is 0. The van der Waals surface area contributed by atoms with Gasteiger partial charge in [-0.1, -0.05) is 6.07 Å². The van der Waals surface area contributed by atoms with Crippen LogP contribution in [-0.4, -0.2) is 36.5 Å². The molecule has 1 aromatic carbocycles. The normalized spacial score (nSPS) is 25.6. The second-order valence-corrected chi connectivity index (χ2v) is 4.52. The van der Waals surface area contributed by atoms with Gasteiger partial charge in [0.15, 0.2) is 6.10 Å². The Bertz CT molecular complexity index is 464. The summed E-state index contributed by atoms with van der Waals surface area (Å²) in [6.07, 6.45) is 0.609. The summed E-state index contributed by atoms with van der Waals surface area (Å²) in [6, 6.07) is 5.48. The molecule has 2 atom stereocenters. The number of carboxylic acids is 1. The third-order valence-corrected chi connectivity index (χ3v) is 3.18. The molecule has 1 saturated heterocycles. The first-order chi connectivity index (χ1) is 8.72. The van der Waals surface area contributed by atoms with Gasteiger partial charge >= 0.3 is 5.97 Å². The number of fused-ring (bicyclic) bond motifs is 1. The topological polar surface area (TPSA) is 65.0 Å². The highest BCUT2D eigenvalue weighted by atomic mass is 16.5. The average Bonchev–Trinajstić information content (AvgIpc) is 2.96. The highest BCUT2D eigenvalue weighted by Crippen LogP contribution is 2.33. The highest BCUT2D eigenvalue weighted by Gasteiger charge is 2.29. The van der Waals surface area contributed by atoms with Crippen molar-refractivity contribution in [3.8, 4) is 11.5 Å². The molecule has 2 aliphatic rings. The smallest absolute Gasteiger partial charge is 0.345 e. The van der Waals surface area contributed by atoms with E-state index in [2.05, 4.69) is 0 Å². The maximum absolute atomic E-state index is 10.9. The van der Waals surface area contributed by atoms with E-state index in [9.17, 15) is 4.79 Å². The van der Waals surface area contributed by atoms with Crippen LogP contribution in [0.5, 0.6) is 11.5 Å². The van der Waals surface area contributed by atoms with Gasteiger partial charge in [0.2, 0.25) is 0 Å². The molecule has 2 heterocycles. The maximum Gasteiger partial charge on any atom is 0.345 e. The Labute approximate surface area is 104 Å². The van der Waals surface area contributed by atoms with Gasteiger partial charge < -0.3 is 19.3 Å². The van der Waals surface area contributed by atoms with Crippen LogP contribution in [0.2, 0.25) is 0 Å². The summed E-state index contributed by atoms with van der Waals surface area (Å²) in [5.74, 6) is 0.381. The van der Waals surface area contributed by atoms with E-state index in [1.165, 1.54) is 0 Å². The molecule has 0 saturated carbocycles. The molecule has 18 heavy (non-hydrogen) atoms. The zero-order valence-electron chi connectivity index (χ0n) is 9.80. The maximum atomic E-state index is 10.9. The fourth-order valence-corrected chi connectivity index (χ4v) is 2.22. The molecule has 1 N–H and O–H groups in total. The summed E-state index contributed by atoms with van der Waals surface area (Å²) in [6.45, 7) is 1.34. The van der Waals surface area contributed by atoms with Crippen LogP contribution in [-0.2, 0) is 16.0 Å². The van der Waals surface area contributed by atoms with Crippen LogP contribution >= 0.6 is 0 Å². The number of hydrogen-bond donors (Lipinski definition) is 1. The molecule has 1 aromatic rings. The van der Waals surface area contributed by atoms with E-state index in [1.807, 2.05) is 12.1 Å².